The Hall–Kier alpha value is -1.96. The van der Waals surface area contributed by atoms with Gasteiger partial charge in [0.1, 0.15) is 11.5 Å². The molecule has 0 N–H and O–H groups in total. The summed E-state index contributed by atoms with van der Waals surface area (Å²) in [5.74, 6) is 2.27. The SMILES string of the molecule is Cc1cc(C)cc(OC[C@@H]2COc3ccccc32)c1. The highest BCUT2D eigenvalue weighted by atomic mass is 16.5. The van der Waals surface area contributed by atoms with Gasteiger partial charge in [0.25, 0.3) is 0 Å². The zero-order valence-corrected chi connectivity index (χ0v) is 11.3. The molecule has 0 fully saturated rings. The van der Waals surface area contributed by atoms with Gasteiger partial charge in [-0.15, -0.1) is 0 Å². The molecule has 2 aromatic carbocycles. The molecule has 0 saturated heterocycles. The Balaban J connectivity index is 1.70. The Labute approximate surface area is 114 Å². The summed E-state index contributed by atoms with van der Waals surface area (Å²) < 4.78 is 11.6. The summed E-state index contributed by atoms with van der Waals surface area (Å²) >= 11 is 0. The third-order valence-corrected chi connectivity index (χ3v) is 3.45. The molecule has 1 aliphatic rings. The van der Waals surface area contributed by atoms with Gasteiger partial charge in [-0.3, -0.25) is 0 Å². The van der Waals surface area contributed by atoms with Crippen LogP contribution >= 0.6 is 0 Å². The maximum atomic E-state index is 5.93. The Morgan fingerprint density at radius 3 is 2.63 bits per heavy atom. The van der Waals surface area contributed by atoms with Gasteiger partial charge < -0.3 is 9.47 Å². The van der Waals surface area contributed by atoms with Crippen molar-refractivity contribution in [3.63, 3.8) is 0 Å². The van der Waals surface area contributed by atoms with E-state index in [1.807, 2.05) is 12.1 Å². The van der Waals surface area contributed by atoms with E-state index < -0.39 is 0 Å². The minimum atomic E-state index is 0.331. The van der Waals surface area contributed by atoms with Crippen LogP contribution in [0.5, 0.6) is 11.5 Å². The van der Waals surface area contributed by atoms with Crippen molar-refractivity contribution < 1.29 is 9.47 Å². The number of para-hydroxylation sites is 1. The Bertz CT molecular complexity index is 569. The second-order valence-electron chi connectivity index (χ2n) is 5.18. The Morgan fingerprint density at radius 1 is 1.11 bits per heavy atom. The van der Waals surface area contributed by atoms with Gasteiger partial charge in [-0.05, 0) is 43.2 Å². The maximum Gasteiger partial charge on any atom is 0.123 e. The molecular formula is C17H18O2. The predicted molar refractivity (Wildman–Crippen MR) is 76.1 cm³/mol. The first-order chi connectivity index (χ1) is 9.22. The van der Waals surface area contributed by atoms with Crippen molar-refractivity contribution in [2.75, 3.05) is 13.2 Å². The molecule has 0 spiro atoms. The molecule has 1 heterocycles. The molecule has 1 atom stereocenters. The van der Waals surface area contributed by atoms with Crippen LogP contribution in [0.4, 0.5) is 0 Å². The van der Waals surface area contributed by atoms with Crippen molar-refractivity contribution in [1.82, 2.24) is 0 Å². The molecule has 2 nitrogen and oxygen atoms in total. The first-order valence-corrected chi connectivity index (χ1v) is 6.65. The van der Waals surface area contributed by atoms with E-state index in [4.69, 9.17) is 9.47 Å². The van der Waals surface area contributed by atoms with Gasteiger partial charge in [0, 0.05) is 5.56 Å². The van der Waals surface area contributed by atoms with Crippen molar-refractivity contribution >= 4 is 0 Å². The quantitative estimate of drug-likeness (QED) is 0.828. The molecule has 2 aromatic rings. The number of hydrogen-bond donors (Lipinski definition) is 0. The van der Waals surface area contributed by atoms with Gasteiger partial charge >= 0.3 is 0 Å². The first kappa shape index (κ1) is 12.1. The lowest BCUT2D eigenvalue weighted by atomic mass is 10.0. The van der Waals surface area contributed by atoms with E-state index in [2.05, 4.69) is 44.2 Å². The van der Waals surface area contributed by atoms with Crippen LogP contribution in [0.15, 0.2) is 42.5 Å². The second-order valence-corrected chi connectivity index (χ2v) is 5.18. The molecule has 3 rings (SSSR count). The zero-order chi connectivity index (χ0) is 13.2. The lowest BCUT2D eigenvalue weighted by molar-refractivity contribution is 0.248. The molecule has 0 amide bonds. The lowest BCUT2D eigenvalue weighted by Crippen LogP contribution is -2.11. The van der Waals surface area contributed by atoms with Crippen LogP contribution in [0.25, 0.3) is 0 Å². The summed E-state index contributed by atoms with van der Waals surface area (Å²) in [5, 5.41) is 0. The van der Waals surface area contributed by atoms with E-state index in [0.29, 0.717) is 19.1 Å². The van der Waals surface area contributed by atoms with Crippen molar-refractivity contribution in [3.8, 4) is 11.5 Å². The largest absolute Gasteiger partial charge is 0.493 e. The molecule has 0 aliphatic carbocycles. The van der Waals surface area contributed by atoms with Crippen molar-refractivity contribution in [2.24, 2.45) is 0 Å². The minimum absolute atomic E-state index is 0.331. The average molecular weight is 254 g/mol. The fourth-order valence-corrected chi connectivity index (χ4v) is 2.58. The van der Waals surface area contributed by atoms with Crippen molar-refractivity contribution in [1.29, 1.82) is 0 Å². The topological polar surface area (TPSA) is 18.5 Å². The molecule has 0 radical (unpaired) electrons. The van der Waals surface area contributed by atoms with Crippen LogP contribution < -0.4 is 9.47 Å². The van der Waals surface area contributed by atoms with Gasteiger partial charge in [-0.1, -0.05) is 24.3 Å². The van der Waals surface area contributed by atoms with Gasteiger partial charge in [0.05, 0.1) is 19.1 Å². The molecule has 0 aromatic heterocycles. The van der Waals surface area contributed by atoms with E-state index in [1.54, 1.807) is 0 Å². The highest BCUT2D eigenvalue weighted by Gasteiger charge is 2.24. The van der Waals surface area contributed by atoms with E-state index >= 15 is 0 Å². The third-order valence-electron chi connectivity index (χ3n) is 3.45. The van der Waals surface area contributed by atoms with Crippen LogP contribution in [0.3, 0.4) is 0 Å². The van der Waals surface area contributed by atoms with E-state index in [1.165, 1.54) is 16.7 Å². The number of benzene rings is 2. The normalized spacial score (nSPS) is 16.8. The summed E-state index contributed by atoms with van der Waals surface area (Å²) in [6.45, 7) is 5.56. The lowest BCUT2D eigenvalue weighted by Gasteiger charge is -2.12. The van der Waals surface area contributed by atoms with Crippen LogP contribution in [-0.2, 0) is 0 Å². The van der Waals surface area contributed by atoms with E-state index in [0.717, 1.165) is 11.5 Å². The number of fused-ring (bicyclic) bond motifs is 1. The predicted octanol–water partition coefficient (Wildman–Crippen LogP) is 3.86. The summed E-state index contributed by atoms with van der Waals surface area (Å²) in [5.41, 5.74) is 3.73. The van der Waals surface area contributed by atoms with Crippen LogP contribution in [0.2, 0.25) is 0 Å². The van der Waals surface area contributed by atoms with Crippen LogP contribution in [0.1, 0.15) is 22.6 Å². The Kier molecular flexibility index (Phi) is 3.16. The van der Waals surface area contributed by atoms with Gasteiger partial charge in [-0.25, -0.2) is 0 Å². The highest BCUT2D eigenvalue weighted by molar-refractivity contribution is 5.40. The number of ether oxygens (including phenoxy) is 2. The molecule has 0 saturated carbocycles. The molecule has 98 valence electrons. The highest BCUT2D eigenvalue weighted by Crippen LogP contribution is 2.33. The van der Waals surface area contributed by atoms with E-state index in [-0.39, 0.29) is 0 Å². The summed E-state index contributed by atoms with van der Waals surface area (Å²) in [6.07, 6.45) is 0. The van der Waals surface area contributed by atoms with Crippen molar-refractivity contribution in [3.05, 3.63) is 59.2 Å². The Morgan fingerprint density at radius 2 is 1.84 bits per heavy atom. The van der Waals surface area contributed by atoms with Crippen molar-refractivity contribution in [2.45, 2.75) is 19.8 Å². The summed E-state index contributed by atoms with van der Waals surface area (Å²) in [6, 6.07) is 14.5. The van der Waals surface area contributed by atoms with Crippen LogP contribution in [0, 0.1) is 13.8 Å². The molecule has 19 heavy (non-hydrogen) atoms. The number of rotatable bonds is 3. The second kappa shape index (κ2) is 4.96. The summed E-state index contributed by atoms with van der Waals surface area (Å²) in [4.78, 5) is 0. The fraction of sp³-hybridized carbons (Fsp3) is 0.294. The maximum absolute atomic E-state index is 5.93. The zero-order valence-electron chi connectivity index (χ0n) is 11.3. The molecule has 2 heteroatoms. The molecule has 0 unspecified atom stereocenters. The van der Waals surface area contributed by atoms with Gasteiger partial charge in [0.2, 0.25) is 0 Å². The molecule has 0 bridgehead atoms. The average Bonchev–Trinajstić information content (AvgIpc) is 2.78. The fourth-order valence-electron chi connectivity index (χ4n) is 2.58. The van der Waals surface area contributed by atoms with E-state index in [9.17, 15) is 0 Å². The number of hydrogen-bond acceptors (Lipinski definition) is 2. The molecule has 1 aliphatic heterocycles. The molecular weight excluding hydrogens is 236 g/mol. The standard InChI is InChI=1S/C17H18O2/c1-12-7-13(2)9-15(8-12)18-10-14-11-19-17-6-4-3-5-16(14)17/h3-9,14H,10-11H2,1-2H3/t14-/m1/s1. The number of aryl methyl sites for hydroxylation is 2. The minimum Gasteiger partial charge on any atom is -0.493 e. The smallest absolute Gasteiger partial charge is 0.123 e. The van der Waals surface area contributed by atoms with Gasteiger partial charge in [0.15, 0.2) is 0 Å². The third kappa shape index (κ3) is 2.58. The van der Waals surface area contributed by atoms with Crippen LogP contribution in [-0.4, -0.2) is 13.2 Å². The first-order valence-electron chi connectivity index (χ1n) is 6.65. The monoisotopic (exact) mass is 254 g/mol. The van der Waals surface area contributed by atoms with Gasteiger partial charge in [-0.2, -0.15) is 0 Å². The summed E-state index contributed by atoms with van der Waals surface area (Å²) in [7, 11) is 0.